The third kappa shape index (κ3) is 2.44. The molecule has 0 aliphatic carbocycles. The van der Waals surface area contributed by atoms with Gasteiger partial charge in [-0.2, -0.15) is 5.26 Å². The van der Waals surface area contributed by atoms with E-state index < -0.39 is 0 Å². The predicted octanol–water partition coefficient (Wildman–Crippen LogP) is 4.77. The molecule has 90 valence electrons. The van der Waals surface area contributed by atoms with Gasteiger partial charge in [-0.05, 0) is 23.8 Å². The van der Waals surface area contributed by atoms with Gasteiger partial charge in [0.05, 0.1) is 33.3 Å². The van der Waals surface area contributed by atoms with E-state index in [0.717, 1.165) is 5.56 Å². The van der Waals surface area contributed by atoms with Crippen LogP contribution in [0.3, 0.4) is 0 Å². The molecular weight excluding hydrogens is 291 g/mol. The van der Waals surface area contributed by atoms with Crippen LogP contribution in [0.5, 0.6) is 0 Å². The monoisotopic (exact) mass is 296 g/mol. The van der Waals surface area contributed by atoms with E-state index in [1.807, 2.05) is 6.07 Å². The molecule has 0 spiro atoms. The third-order valence-corrected chi connectivity index (χ3v) is 3.74. The molecular formula is C13H7Cl3N2. The fourth-order valence-corrected chi connectivity index (χ4v) is 2.24. The van der Waals surface area contributed by atoms with Crippen molar-refractivity contribution in [2.24, 2.45) is 0 Å². The molecule has 0 saturated carbocycles. The molecule has 18 heavy (non-hydrogen) atoms. The van der Waals surface area contributed by atoms with Crippen LogP contribution < -0.4 is 0 Å². The van der Waals surface area contributed by atoms with Crippen molar-refractivity contribution in [1.29, 1.82) is 5.26 Å². The Morgan fingerprint density at radius 1 is 1.11 bits per heavy atom. The predicted molar refractivity (Wildman–Crippen MR) is 74.0 cm³/mol. The summed E-state index contributed by atoms with van der Waals surface area (Å²) < 4.78 is 0. The molecule has 2 rings (SSSR count). The van der Waals surface area contributed by atoms with E-state index in [4.69, 9.17) is 40.1 Å². The molecule has 0 atom stereocenters. The first-order chi connectivity index (χ1) is 8.65. The van der Waals surface area contributed by atoms with E-state index in [1.165, 1.54) is 0 Å². The van der Waals surface area contributed by atoms with Gasteiger partial charge >= 0.3 is 0 Å². The number of nitriles is 1. The summed E-state index contributed by atoms with van der Waals surface area (Å²) in [7, 11) is 0. The van der Waals surface area contributed by atoms with Crippen molar-refractivity contribution in [3.8, 4) is 17.3 Å². The van der Waals surface area contributed by atoms with E-state index >= 15 is 0 Å². The first kappa shape index (κ1) is 13.2. The molecule has 0 fully saturated rings. The van der Waals surface area contributed by atoms with Gasteiger partial charge in [-0.3, -0.25) is 4.98 Å². The van der Waals surface area contributed by atoms with Crippen LogP contribution in [0.1, 0.15) is 5.56 Å². The second kappa shape index (κ2) is 5.58. The maximum atomic E-state index is 8.80. The summed E-state index contributed by atoms with van der Waals surface area (Å²) in [5.74, 6) is 0. The molecule has 0 aliphatic heterocycles. The lowest BCUT2D eigenvalue weighted by molar-refractivity contribution is 1.20. The number of nitrogens with zero attached hydrogens (tertiary/aromatic N) is 2. The van der Waals surface area contributed by atoms with Gasteiger partial charge in [-0.25, -0.2) is 0 Å². The van der Waals surface area contributed by atoms with Crippen LogP contribution in [0, 0.1) is 11.3 Å². The average molecular weight is 298 g/mol. The van der Waals surface area contributed by atoms with Crippen LogP contribution in [-0.4, -0.2) is 4.98 Å². The number of pyridine rings is 1. The molecule has 5 heteroatoms. The van der Waals surface area contributed by atoms with E-state index in [-0.39, 0.29) is 6.42 Å². The van der Waals surface area contributed by atoms with Crippen LogP contribution in [0.4, 0.5) is 0 Å². The van der Waals surface area contributed by atoms with E-state index in [2.05, 4.69) is 11.1 Å². The molecule has 0 amide bonds. The fourth-order valence-electron chi connectivity index (χ4n) is 1.62. The first-order valence-corrected chi connectivity index (χ1v) is 6.23. The smallest absolute Gasteiger partial charge is 0.0785 e. The highest BCUT2D eigenvalue weighted by Gasteiger charge is 2.14. The van der Waals surface area contributed by atoms with E-state index in [9.17, 15) is 0 Å². The van der Waals surface area contributed by atoms with Crippen LogP contribution in [0.2, 0.25) is 15.1 Å². The van der Waals surface area contributed by atoms with Crippen LogP contribution in [0.25, 0.3) is 11.3 Å². The van der Waals surface area contributed by atoms with Gasteiger partial charge in [0.25, 0.3) is 0 Å². The minimum absolute atomic E-state index is 0.264. The molecule has 0 radical (unpaired) electrons. The average Bonchev–Trinajstić information content (AvgIpc) is 2.38. The van der Waals surface area contributed by atoms with Crippen LogP contribution in [0.15, 0.2) is 30.5 Å². The lowest BCUT2D eigenvalue weighted by Crippen LogP contribution is -1.93. The number of aromatic nitrogens is 1. The third-order valence-electron chi connectivity index (χ3n) is 2.45. The van der Waals surface area contributed by atoms with Crippen molar-refractivity contribution < 1.29 is 0 Å². The lowest BCUT2D eigenvalue weighted by Gasteiger charge is -2.09. The molecule has 1 aromatic carbocycles. The van der Waals surface area contributed by atoms with E-state index in [0.29, 0.717) is 26.3 Å². The number of hydrogen-bond acceptors (Lipinski definition) is 2. The fraction of sp³-hybridized carbons (Fsp3) is 0.0769. The van der Waals surface area contributed by atoms with Crippen molar-refractivity contribution in [3.05, 3.63) is 51.1 Å². The van der Waals surface area contributed by atoms with Crippen molar-refractivity contribution in [3.63, 3.8) is 0 Å². The van der Waals surface area contributed by atoms with Gasteiger partial charge in [-0.1, -0.05) is 40.9 Å². The molecule has 2 nitrogen and oxygen atoms in total. The zero-order chi connectivity index (χ0) is 13.1. The summed E-state index contributed by atoms with van der Waals surface area (Å²) in [6.07, 6.45) is 1.91. The molecule has 0 N–H and O–H groups in total. The van der Waals surface area contributed by atoms with Gasteiger partial charge in [0.15, 0.2) is 0 Å². The topological polar surface area (TPSA) is 36.7 Å². The van der Waals surface area contributed by atoms with Crippen molar-refractivity contribution in [2.75, 3.05) is 0 Å². The van der Waals surface area contributed by atoms with Crippen molar-refractivity contribution in [1.82, 2.24) is 4.98 Å². The second-order valence-corrected chi connectivity index (χ2v) is 4.73. The summed E-state index contributed by atoms with van der Waals surface area (Å²) >= 11 is 18.1. The number of hydrogen-bond donors (Lipinski definition) is 0. The summed E-state index contributed by atoms with van der Waals surface area (Å²) in [6.45, 7) is 0. The Bertz CT molecular complexity index is 633. The van der Waals surface area contributed by atoms with Gasteiger partial charge in [0.2, 0.25) is 0 Å². The first-order valence-electron chi connectivity index (χ1n) is 5.10. The van der Waals surface area contributed by atoms with Gasteiger partial charge in [0.1, 0.15) is 0 Å². The van der Waals surface area contributed by atoms with Gasteiger partial charge in [0, 0.05) is 11.8 Å². The largest absolute Gasteiger partial charge is 0.256 e. The minimum Gasteiger partial charge on any atom is -0.256 e. The summed E-state index contributed by atoms with van der Waals surface area (Å²) in [6, 6.07) is 9.13. The highest BCUT2D eigenvalue weighted by molar-refractivity contribution is 6.49. The SMILES string of the molecule is N#CCc1cccnc1-c1ccc(Cl)c(Cl)c1Cl. The highest BCUT2D eigenvalue weighted by atomic mass is 35.5. The Kier molecular flexibility index (Phi) is 4.08. The second-order valence-electron chi connectivity index (χ2n) is 3.57. The Balaban J connectivity index is 2.63. The molecule has 1 aromatic heterocycles. The molecule has 0 aliphatic rings. The molecule has 0 unspecified atom stereocenters. The highest BCUT2D eigenvalue weighted by Crippen LogP contribution is 2.38. The summed E-state index contributed by atoms with van der Waals surface area (Å²) in [4.78, 5) is 4.26. The van der Waals surface area contributed by atoms with Crippen molar-refractivity contribution in [2.45, 2.75) is 6.42 Å². The molecule has 0 saturated heterocycles. The van der Waals surface area contributed by atoms with Crippen molar-refractivity contribution >= 4 is 34.8 Å². The van der Waals surface area contributed by atoms with Crippen LogP contribution >= 0.6 is 34.8 Å². The normalized spacial score (nSPS) is 10.1. The summed E-state index contributed by atoms with van der Waals surface area (Å²) in [5, 5.41) is 9.84. The molecule has 2 aromatic rings. The Hall–Kier alpha value is -1.27. The quantitative estimate of drug-likeness (QED) is 0.748. The standard InChI is InChI=1S/C13H7Cl3N2/c14-10-4-3-9(11(15)12(10)16)13-8(5-6-17)2-1-7-18-13/h1-4,7H,5H2. The number of benzene rings is 1. The molecule has 1 heterocycles. The number of rotatable bonds is 2. The number of halogens is 3. The lowest BCUT2D eigenvalue weighted by atomic mass is 10.0. The minimum atomic E-state index is 0.264. The zero-order valence-corrected chi connectivity index (χ0v) is 11.4. The maximum Gasteiger partial charge on any atom is 0.0785 e. The maximum absolute atomic E-state index is 8.80. The summed E-state index contributed by atoms with van der Waals surface area (Å²) in [5.41, 5.74) is 2.14. The Labute approximate surface area is 120 Å². The zero-order valence-electron chi connectivity index (χ0n) is 9.12. The Morgan fingerprint density at radius 3 is 2.61 bits per heavy atom. The van der Waals surface area contributed by atoms with Gasteiger partial charge in [-0.15, -0.1) is 0 Å². The van der Waals surface area contributed by atoms with E-state index in [1.54, 1.807) is 24.4 Å². The van der Waals surface area contributed by atoms with Gasteiger partial charge < -0.3 is 0 Å². The molecule has 0 bridgehead atoms. The van der Waals surface area contributed by atoms with Crippen LogP contribution in [-0.2, 0) is 6.42 Å². The Morgan fingerprint density at radius 2 is 1.89 bits per heavy atom.